The van der Waals surface area contributed by atoms with Crippen LogP contribution in [0.2, 0.25) is 0 Å². The van der Waals surface area contributed by atoms with Crippen molar-refractivity contribution < 1.29 is 9.47 Å². The first-order valence-corrected chi connectivity index (χ1v) is 14.6. The van der Waals surface area contributed by atoms with Crippen molar-refractivity contribution >= 4 is 23.2 Å². The van der Waals surface area contributed by atoms with Crippen LogP contribution >= 0.6 is 7.26 Å². The molecular formula is C30H40O2P+. The molecule has 0 saturated carbocycles. The van der Waals surface area contributed by atoms with Gasteiger partial charge in [-0.15, -0.1) is 0 Å². The molecule has 33 heavy (non-hydrogen) atoms. The molecule has 0 saturated heterocycles. The highest BCUT2D eigenvalue weighted by molar-refractivity contribution is 7.95. The van der Waals surface area contributed by atoms with E-state index < -0.39 is 7.26 Å². The lowest BCUT2D eigenvalue weighted by Crippen LogP contribution is -2.33. The fourth-order valence-corrected chi connectivity index (χ4v) is 8.68. The predicted octanol–water partition coefficient (Wildman–Crippen LogP) is 6.72. The van der Waals surface area contributed by atoms with Gasteiger partial charge in [0.05, 0.1) is 6.16 Å². The Morgan fingerprint density at radius 1 is 0.576 bits per heavy atom. The molecule has 0 aliphatic rings. The van der Waals surface area contributed by atoms with E-state index in [9.17, 15) is 0 Å². The highest BCUT2D eigenvalue weighted by Gasteiger charge is 2.44. The van der Waals surface area contributed by atoms with Crippen LogP contribution in [-0.2, 0) is 9.47 Å². The van der Waals surface area contributed by atoms with Gasteiger partial charge < -0.3 is 9.47 Å². The molecule has 0 aliphatic carbocycles. The van der Waals surface area contributed by atoms with Gasteiger partial charge in [0.1, 0.15) is 23.2 Å². The van der Waals surface area contributed by atoms with Gasteiger partial charge in [-0.25, -0.2) is 0 Å². The van der Waals surface area contributed by atoms with E-state index in [4.69, 9.17) is 9.47 Å². The second kappa shape index (κ2) is 14.3. The van der Waals surface area contributed by atoms with Crippen molar-refractivity contribution in [2.75, 3.05) is 19.4 Å². The minimum absolute atomic E-state index is 0.104. The van der Waals surface area contributed by atoms with Gasteiger partial charge >= 0.3 is 0 Å². The summed E-state index contributed by atoms with van der Waals surface area (Å²) in [6.07, 6.45) is 7.46. The molecule has 0 amide bonds. The van der Waals surface area contributed by atoms with E-state index >= 15 is 0 Å². The molecule has 0 unspecified atom stereocenters. The predicted molar refractivity (Wildman–Crippen MR) is 145 cm³/mol. The highest BCUT2D eigenvalue weighted by atomic mass is 31.2. The fourth-order valence-electron chi connectivity index (χ4n) is 4.31. The first-order chi connectivity index (χ1) is 16.3. The summed E-state index contributed by atoms with van der Waals surface area (Å²) in [5.41, 5.74) is 0. The largest absolute Gasteiger partial charge is 0.353 e. The molecule has 0 spiro atoms. The molecular weight excluding hydrogens is 423 g/mol. The second-order valence-electron chi connectivity index (χ2n) is 8.56. The van der Waals surface area contributed by atoms with Crippen molar-refractivity contribution in [3.05, 3.63) is 91.0 Å². The second-order valence-corrected chi connectivity index (χ2v) is 12.2. The SMILES string of the molecule is CCCCOC(CCC[P+](c1ccccc1)(c1ccccc1)c1ccccc1)OCCCC. The smallest absolute Gasteiger partial charge is 0.157 e. The Bertz CT molecular complexity index is 776. The third kappa shape index (κ3) is 7.24. The van der Waals surface area contributed by atoms with Crippen LogP contribution < -0.4 is 15.9 Å². The number of benzene rings is 3. The van der Waals surface area contributed by atoms with Crippen LogP contribution in [0.1, 0.15) is 52.4 Å². The third-order valence-electron chi connectivity index (χ3n) is 6.13. The van der Waals surface area contributed by atoms with Crippen molar-refractivity contribution in [2.45, 2.75) is 58.7 Å². The van der Waals surface area contributed by atoms with E-state index in [-0.39, 0.29) is 6.29 Å². The first-order valence-electron chi connectivity index (χ1n) is 12.6. The lowest BCUT2D eigenvalue weighted by molar-refractivity contribution is -0.147. The van der Waals surface area contributed by atoms with E-state index in [0.29, 0.717) is 0 Å². The van der Waals surface area contributed by atoms with E-state index in [1.165, 1.54) is 15.9 Å². The molecule has 2 nitrogen and oxygen atoms in total. The zero-order valence-corrected chi connectivity index (χ0v) is 21.3. The monoisotopic (exact) mass is 463 g/mol. The molecule has 0 aliphatic heterocycles. The van der Waals surface area contributed by atoms with Crippen LogP contribution in [0.3, 0.4) is 0 Å². The summed E-state index contributed by atoms with van der Waals surface area (Å²) in [5.74, 6) is 0. The number of ether oxygens (including phenoxy) is 2. The summed E-state index contributed by atoms with van der Waals surface area (Å²) in [7, 11) is -1.78. The summed E-state index contributed by atoms with van der Waals surface area (Å²) < 4.78 is 12.3. The third-order valence-corrected chi connectivity index (χ3v) is 10.7. The summed E-state index contributed by atoms with van der Waals surface area (Å²) in [6.45, 7) is 5.97. The maximum atomic E-state index is 6.15. The molecule has 3 aromatic rings. The van der Waals surface area contributed by atoms with Crippen LogP contribution in [0.5, 0.6) is 0 Å². The van der Waals surface area contributed by atoms with Gasteiger partial charge in [0.25, 0.3) is 0 Å². The first kappa shape index (κ1) is 25.6. The Morgan fingerprint density at radius 2 is 0.970 bits per heavy atom. The molecule has 3 heteroatoms. The van der Waals surface area contributed by atoms with E-state index in [1.54, 1.807) is 0 Å². The maximum absolute atomic E-state index is 6.15. The minimum atomic E-state index is -1.78. The topological polar surface area (TPSA) is 18.5 Å². The molecule has 0 bridgehead atoms. The summed E-state index contributed by atoms with van der Waals surface area (Å²) in [4.78, 5) is 0. The summed E-state index contributed by atoms with van der Waals surface area (Å²) >= 11 is 0. The lowest BCUT2D eigenvalue weighted by atomic mass is 10.3. The van der Waals surface area contributed by atoms with Gasteiger partial charge in [0.2, 0.25) is 0 Å². The van der Waals surface area contributed by atoms with Gasteiger partial charge in [0, 0.05) is 19.6 Å². The molecule has 0 N–H and O–H groups in total. The molecule has 176 valence electrons. The quantitative estimate of drug-likeness (QED) is 0.141. The average molecular weight is 464 g/mol. The van der Waals surface area contributed by atoms with Gasteiger partial charge in [-0.05, 0) is 55.7 Å². The zero-order chi connectivity index (χ0) is 23.2. The fraction of sp³-hybridized carbons (Fsp3) is 0.400. The van der Waals surface area contributed by atoms with Crippen molar-refractivity contribution in [1.82, 2.24) is 0 Å². The van der Waals surface area contributed by atoms with Gasteiger partial charge in [-0.3, -0.25) is 0 Å². The van der Waals surface area contributed by atoms with Crippen molar-refractivity contribution in [2.24, 2.45) is 0 Å². The highest BCUT2D eigenvalue weighted by Crippen LogP contribution is 2.56. The Hall–Kier alpha value is -1.99. The van der Waals surface area contributed by atoms with Crippen molar-refractivity contribution in [1.29, 1.82) is 0 Å². The number of rotatable bonds is 15. The lowest BCUT2D eigenvalue weighted by Gasteiger charge is -2.28. The molecule has 0 fully saturated rings. The summed E-state index contributed by atoms with van der Waals surface area (Å²) in [5, 5.41) is 4.33. The molecule has 3 aromatic carbocycles. The van der Waals surface area contributed by atoms with Gasteiger partial charge in [-0.2, -0.15) is 0 Å². The van der Waals surface area contributed by atoms with Gasteiger partial charge in [0.15, 0.2) is 6.29 Å². The van der Waals surface area contributed by atoms with E-state index in [1.807, 2.05) is 0 Å². The molecule has 3 rings (SSSR count). The van der Waals surface area contributed by atoms with Crippen LogP contribution in [0.15, 0.2) is 91.0 Å². The number of unbranched alkanes of at least 4 members (excludes halogenated alkanes) is 2. The van der Waals surface area contributed by atoms with Gasteiger partial charge in [-0.1, -0.05) is 81.3 Å². The minimum Gasteiger partial charge on any atom is -0.353 e. The number of hydrogen-bond donors (Lipinski definition) is 0. The Balaban J connectivity index is 1.88. The molecule has 0 radical (unpaired) electrons. The van der Waals surface area contributed by atoms with E-state index in [0.717, 1.165) is 57.9 Å². The molecule has 0 atom stereocenters. The maximum Gasteiger partial charge on any atom is 0.157 e. The van der Waals surface area contributed by atoms with Crippen LogP contribution in [0, 0.1) is 0 Å². The number of hydrogen-bond acceptors (Lipinski definition) is 2. The standard InChI is InChI=1S/C30H40O2P/c1-3-5-24-31-30(32-25-6-4-2)23-16-26-33(27-17-10-7-11-18-27,28-19-12-8-13-20-28)29-21-14-9-15-22-29/h7-15,17-22,30H,3-6,16,23-26H2,1-2H3/q+1. The van der Waals surface area contributed by atoms with E-state index in [2.05, 4.69) is 105 Å². The van der Waals surface area contributed by atoms with Crippen LogP contribution in [-0.4, -0.2) is 25.7 Å². The normalized spacial score (nSPS) is 11.7. The van der Waals surface area contributed by atoms with Crippen LogP contribution in [0.25, 0.3) is 0 Å². The summed E-state index contributed by atoms with van der Waals surface area (Å²) in [6, 6.07) is 33.4. The Kier molecular flexibility index (Phi) is 11.1. The van der Waals surface area contributed by atoms with Crippen molar-refractivity contribution in [3.63, 3.8) is 0 Å². The Morgan fingerprint density at radius 3 is 1.33 bits per heavy atom. The molecule has 0 aromatic heterocycles. The van der Waals surface area contributed by atoms with Crippen LogP contribution in [0.4, 0.5) is 0 Å². The Labute approximate surface area is 201 Å². The zero-order valence-electron chi connectivity index (χ0n) is 20.4. The average Bonchev–Trinajstić information content (AvgIpc) is 2.88. The molecule has 0 heterocycles. The van der Waals surface area contributed by atoms with Crippen molar-refractivity contribution in [3.8, 4) is 0 Å².